The molecule has 1 unspecified atom stereocenters. The molecule has 106 valence electrons. The van der Waals surface area contributed by atoms with Gasteiger partial charge >= 0.3 is 0 Å². The lowest BCUT2D eigenvalue weighted by molar-refractivity contribution is 0.402. The zero-order chi connectivity index (χ0) is 14.7. The van der Waals surface area contributed by atoms with Gasteiger partial charge < -0.3 is 10.1 Å². The van der Waals surface area contributed by atoms with Crippen LogP contribution in [0, 0.1) is 12.7 Å². The highest BCUT2D eigenvalue weighted by molar-refractivity contribution is 9.10. The number of methoxy groups -OCH3 is 1. The topological polar surface area (TPSA) is 21.3 Å². The lowest BCUT2D eigenvalue weighted by Gasteiger charge is -2.20. The molecule has 2 aromatic rings. The second-order valence-electron chi connectivity index (χ2n) is 4.71. The first-order chi connectivity index (χ1) is 9.52. The highest BCUT2D eigenvalue weighted by Gasteiger charge is 2.17. The summed E-state index contributed by atoms with van der Waals surface area (Å²) in [6, 6.07) is 10.7. The summed E-state index contributed by atoms with van der Waals surface area (Å²) in [7, 11) is 1.55. The van der Waals surface area contributed by atoms with E-state index in [0.29, 0.717) is 11.3 Å². The van der Waals surface area contributed by atoms with E-state index in [9.17, 15) is 4.39 Å². The van der Waals surface area contributed by atoms with E-state index in [1.165, 1.54) is 11.6 Å². The van der Waals surface area contributed by atoms with Gasteiger partial charge in [0.15, 0.2) is 0 Å². The smallest absolute Gasteiger partial charge is 0.132 e. The third-order valence-corrected chi connectivity index (χ3v) is 3.82. The number of rotatable bonds is 4. The number of benzene rings is 2. The number of aryl methyl sites for hydroxylation is 1. The molecule has 0 aromatic heterocycles. The van der Waals surface area contributed by atoms with E-state index in [4.69, 9.17) is 4.74 Å². The fourth-order valence-electron chi connectivity index (χ4n) is 2.16. The normalized spacial score (nSPS) is 12.1. The van der Waals surface area contributed by atoms with Crippen LogP contribution in [0.4, 0.5) is 10.1 Å². The molecule has 0 aliphatic heterocycles. The Morgan fingerprint density at radius 2 is 2.00 bits per heavy atom. The Morgan fingerprint density at radius 1 is 1.25 bits per heavy atom. The quantitative estimate of drug-likeness (QED) is 0.840. The van der Waals surface area contributed by atoms with Crippen molar-refractivity contribution in [2.45, 2.75) is 19.9 Å². The van der Waals surface area contributed by atoms with Gasteiger partial charge in [-0.3, -0.25) is 0 Å². The van der Waals surface area contributed by atoms with Gasteiger partial charge in [0.05, 0.1) is 18.7 Å². The van der Waals surface area contributed by atoms with Crippen LogP contribution in [-0.2, 0) is 0 Å². The van der Waals surface area contributed by atoms with Crippen LogP contribution in [-0.4, -0.2) is 7.11 Å². The first-order valence-corrected chi connectivity index (χ1v) is 7.17. The zero-order valence-electron chi connectivity index (χ0n) is 11.7. The number of hydrogen-bond acceptors (Lipinski definition) is 2. The van der Waals surface area contributed by atoms with Crippen LogP contribution < -0.4 is 10.1 Å². The van der Waals surface area contributed by atoms with Crippen LogP contribution in [0.1, 0.15) is 24.1 Å². The van der Waals surface area contributed by atoms with Gasteiger partial charge in [0.1, 0.15) is 11.6 Å². The summed E-state index contributed by atoms with van der Waals surface area (Å²) in [6.07, 6.45) is 0. The molecule has 0 aliphatic rings. The molecule has 2 aromatic carbocycles. The lowest BCUT2D eigenvalue weighted by atomic mass is 10.1. The average Bonchev–Trinajstić information content (AvgIpc) is 2.41. The molecular formula is C16H17BrFNO. The zero-order valence-corrected chi connectivity index (χ0v) is 13.3. The molecule has 0 radical (unpaired) electrons. The van der Waals surface area contributed by atoms with Crippen molar-refractivity contribution in [1.82, 2.24) is 0 Å². The van der Waals surface area contributed by atoms with Crippen molar-refractivity contribution in [1.29, 1.82) is 0 Å². The summed E-state index contributed by atoms with van der Waals surface area (Å²) in [5.41, 5.74) is 2.62. The van der Waals surface area contributed by atoms with E-state index in [1.807, 2.05) is 32.0 Å². The number of halogens is 2. The predicted molar refractivity (Wildman–Crippen MR) is 83.9 cm³/mol. The highest BCUT2D eigenvalue weighted by Crippen LogP contribution is 2.32. The minimum absolute atomic E-state index is 0.204. The molecular weight excluding hydrogens is 321 g/mol. The summed E-state index contributed by atoms with van der Waals surface area (Å²) < 4.78 is 20.2. The summed E-state index contributed by atoms with van der Waals surface area (Å²) in [6.45, 7) is 3.94. The molecule has 20 heavy (non-hydrogen) atoms. The highest BCUT2D eigenvalue weighted by atomic mass is 79.9. The second kappa shape index (κ2) is 6.27. The molecule has 1 atom stereocenters. The minimum atomic E-state index is -0.271. The predicted octanol–water partition coefficient (Wildman–Crippen LogP) is 5.08. The van der Waals surface area contributed by atoms with Gasteiger partial charge in [-0.25, -0.2) is 4.39 Å². The molecule has 2 nitrogen and oxygen atoms in total. The van der Waals surface area contributed by atoms with Crippen molar-refractivity contribution in [2.75, 3.05) is 12.4 Å². The van der Waals surface area contributed by atoms with E-state index < -0.39 is 0 Å². The molecule has 0 saturated heterocycles. The average molecular weight is 338 g/mol. The Hall–Kier alpha value is -1.55. The van der Waals surface area contributed by atoms with Crippen molar-refractivity contribution in [3.05, 3.63) is 57.8 Å². The van der Waals surface area contributed by atoms with Gasteiger partial charge in [0, 0.05) is 10.2 Å². The van der Waals surface area contributed by atoms with Gasteiger partial charge in [-0.1, -0.05) is 12.1 Å². The van der Waals surface area contributed by atoms with E-state index in [-0.39, 0.29) is 11.9 Å². The van der Waals surface area contributed by atoms with Crippen molar-refractivity contribution in [3.63, 3.8) is 0 Å². The van der Waals surface area contributed by atoms with Crippen LogP contribution in [0.3, 0.4) is 0 Å². The molecule has 0 amide bonds. The number of anilines is 1. The first kappa shape index (κ1) is 14.9. The molecule has 0 fully saturated rings. The fourth-order valence-corrected chi connectivity index (χ4v) is 2.77. The Kier molecular flexibility index (Phi) is 4.65. The monoisotopic (exact) mass is 337 g/mol. The van der Waals surface area contributed by atoms with Crippen LogP contribution in [0.5, 0.6) is 5.75 Å². The maximum absolute atomic E-state index is 14.0. The van der Waals surface area contributed by atoms with Gasteiger partial charge in [-0.05, 0) is 59.6 Å². The van der Waals surface area contributed by atoms with Crippen molar-refractivity contribution >= 4 is 21.6 Å². The SMILES string of the molecule is COc1cccc(F)c1C(C)Nc1ccc(C)cc1Br. The van der Waals surface area contributed by atoms with Crippen molar-refractivity contribution in [3.8, 4) is 5.75 Å². The molecule has 0 spiro atoms. The Morgan fingerprint density at radius 3 is 2.65 bits per heavy atom. The fraction of sp³-hybridized carbons (Fsp3) is 0.250. The van der Waals surface area contributed by atoms with Gasteiger partial charge in [0.2, 0.25) is 0 Å². The molecule has 0 saturated carbocycles. The van der Waals surface area contributed by atoms with Crippen molar-refractivity contribution < 1.29 is 9.13 Å². The van der Waals surface area contributed by atoms with Crippen LogP contribution in [0.25, 0.3) is 0 Å². The Balaban J connectivity index is 2.30. The van der Waals surface area contributed by atoms with Gasteiger partial charge in [0.25, 0.3) is 0 Å². The Bertz CT molecular complexity index is 615. The van der Waals surface area contributed by atoms with E-state index in [1.54, 1.807) is 19.2 Å². The first-order valence-electron chi connectivity index (χ1n) is 6.38. The van der Waals surface area contributed by atoms with Crippen LogP contribution in [0.2, 0.25) is 0 Å². The number of hydrogen-bond donors (Lipinski definition) is 1. The van der Waals surface area contributed by atoms with Crippen LogP contribution in [0.15, 0.2) is 40.9 Å². The molecule has 4 heteroatoms. The van der Waals surface area contributed by atoms with E-state index >= 15 is 0 Å². The summed E-state index contributed by atoms with van der Waals surface area (Å²) in [4.78, 5) is 0. The maximum Gasteiger partial charge on any atom is 0.132 e. The molecule has 0 bridgehead atoms. The summed E-state index contributed by atoms with van der Waals surface area (Å²) >= 11 is 3.51. The molecule has 1 N–H and O–H groups in total. The molecule has 0 heterocycles. The molecule has 0 aliphatic carbocycles. The van der Waals surface area contributed by atoms with Gasteiger partial charge in [-0.15, -0.1) is 0 Å². The number of nitrogens with one attached hydrogen (secondary N) is 1. The standard InChI is InChI=1S/C16H17BrFNO/c1-10-7-8-14(12(17)9-10)19-11(2)16-13(18)5-4-6-15(16)20-3/h4-9,11,19H,1-3H3. The number of ether oxygens (including phenoxy) is 1. The summed E-state index contributed by atoms with van der Waals surface area (Å²) in [5.74, 6) is 0.279. The van der Waals surface area contributed by atoms with Crippen molar-refractivity contribution in [2.24, 2.45) is 0 Å². The van der Waals surface area contributed by atoms with E-state index in [0.717, 1.165) is 10.2 Å². The summed E-state index contributed by atoms with van der Waals surface area (Å²) in [5, 5.41) is 3.30. The second-order valence-corrected chi connectivity index (χ2v) is 5.56. The minimum Gasteiger partial charge on any atom is -0.496 e. The third-order valence-electron chi connectivity index (χ3n) is 3.16. The lowest BCUT2D eigenvalue weighted by Crippen LogP contribution is -2.10. The molecule has 2 rings (SSSR count). The maximum atomic E-state index is 14.0. The Labute approximate surface area is 127 Å². The van der Waals surface area contributed by atoms with Gasteiger partial charge in [-0.2, -0.15) is 0 Å². The largest absolute Gasteiger partial charge is 0.496 e. The third kappa shape index (κ3) is 3.12. The van der Waals surface area contributed by atoms with E-state index in [2.05, 4.69) is 21.2 Å². The van der Waals surface area contributed by atoms with Crippen LogP contribution >= 0.6 is 15.9 Å².